The summed E-state index contributed by atoms with van der Waals surface area (Å²) in [4.78, 5) is 19.0. The van der Waals surface area contributed by atoms with Gasteiger partial charge >= 0.3 is 6.09 Å². The summed E-state index contributed by atoms with van der Waals surface area (Å²) < 4.78 is 5.02. The molecule has 1 amide bonds. The molecule has 1 rings (SSSR count). The van der Waals surface area contributed by atoms with E-state index in [-0.39, 0.29) is 0 Å². The van der Waals surface area contributed by atoms with Crippen LogP contribution in [0, 0.1) is 0 Å². The number of alkyl carbamates (subject to hydrolysis) is 1. The summed E-state index contributed by atoms with van der Waals surface area (Å²) >= 11 is 5.62. The van der Waals surface area contributed by atoms with Crippen molar-refractivity contribution < 1.29 is 9.53 Å². The first-order chi connectivity index (χ1) is 7.87. The highest BCUT2D eigenvalue weighted by Crippen LogP contribution is 2.11. The molecular formula is C11H14ClN3O2. The van der Waals surface area contributed by atoms with Crippen LogP contribution in [-0.4, -0.2) is 23.0 Å². The van der Waals surface area contributed by atoms with Gasteiger partial charge in [0.05, 0.1) is 18.2 Å². The van der Waals surface area contributed by atoms with Gasteiger partial charge < -0.3 is 4.74 Å². The number of hydrogen-bond donors (Lipinski definition) is 1. The van der Waals surface area contributed by atoms with Crippen LogP contribution in [0.25, 0.3) is 0 Å². The maximum absolute atomic E-state index is 11.2. The number of nitrogens with one attached hydrogen (secondary N) is 1. The van der Waals surface area contributed by atoms with Crippen LogP contribution in [-0.2, 0) is 4.74 Å². The standard InChI is InChI=1S/C11H14ClN3O2/c1-11(2,3)17-10(16)15-7-14-8-4-5-9(12)13-6-8/h4-7H,1-3H3,(H,14,15,16). The Bertz CT molecular complexity index is 410. The van der Waals surface area contributed by atoms with Crippen molar-refractivity contribution in [1.82, 2.24) is 10.3 Å². The third-order valence-corrected chi connectivity index (χ3v) is 1.73. The van der Waals surface area contributed by atoms with Gasteiger partial charge in [-0.2, -0.15) is 0 Å². The molecule has 0 aliphatic rings. The van der Waals surface area contributed by atoms with Crippen molar-refractivity contribution in [3.8, 4) is 0 Å². The number of hydrogen-bond acceptors (Lipinski definition) is 4. The van der Waals surface area contributed by atoms with E-state index in [0.717, 1.165) is 0 Å². The maximum Gasteiger partial charge on any atom is 0.412 e. The number of aliphatic imine (C=N–C) groups is 1. The molecule has 0 saturated carbocycles. The highest BCUT2D eigenvalue weighted by Gasteiger charge is 2.14. The van der Waals surface area contributed by atoms with Crippen LogP contribution in [0.15, 0.2) is 23.3 Å². The molecule has 0 aliphatic carbocycles. The second-order valence-electron chi connectivity index (χ2n) is 4.24. The summed E-state index contributed by atoms with van der Waals surface area (Å²) in [5, 5.41) is 2.78. The molecule has 5 nitrogen and oxygen atoms in total. The Kier molecular flexibility index (Phi) is 4.45. The Hall–Kier alpha value is -1.62. The molecule has 0 fully saturated rings. The molecule has 0 unspecified atom stereocenters. The molecule has 0 bridgehead atoms. The lowest BCUT2D eigenvalue weighted by Crippen LogP contribution is -2.31. The van der Waals surface area contributed by atoms with E-state index < -0.39 is 11.7 Å². The molecule has 17 heavy (non-hydrogen) atoms. The Labute approximate surface area is 105 Å². The molecule has 0 aromatic carbocycles. The van der Waals surface area contributed by atoms with Gasteiger partial charge in [0.1, 0.15) is 10.8 Å². The monoisotopic (exact) mass is 255 g/mol. The summed E-state index contributed by atoms with van der Waals surface area (Å²) in [7, 11) is 0. The first-order valence-electron chi connectivity index (χ1n) is 5.00. The number of pyridine rings is 1. The Morgan fingerprint density at radius 3 is 2.76 bits per heavy atom. The minimum absolute atomic E-state index is 0.393. The zero-order chi connectivity index (χ0) is 12.9. The smallest absolute Gasteiger partial charge is 0.412 e. The van der Waals surface area contributed by atoms with Crippen LogP contribution in [0.5, 0.6) is 0 Å². The number of ether oxygens (including phenoxy) is 1. The minimum Gasteiger partial charge on any atom is -0.444 e. The molecule has 0 saturated heterocycles. The zero-order valence-electron chi connectivity index (χ0n) is 9.90. The average molecular weight is 256 g/mol. The zero-order valence-corrected chi connectivity index (χ0v) is 10.7. The fourth-order valence-electron chi connectivity index (χ4n) is 0.911. The van der Waals surface area contributed by atoms with Crippen LogP contribution in [0.2, 0.25) is 5.15 Å². The second-order valence-corrected chi connectivity index (χ2v) is 4.63. The molecule has 1 aromatic rings. The van der Waals surface area contributed by atoms with Crippen molar-refractivity contribution in [1.29, 1.82) is 0 Å². The van der Waals surface area contributed by atoms with Crippen LogP contribution in [0.4, 0.5) is 10.5 Å². The van der Waals surface area contributed by atoms with Crippen LogP contribution in [0.1, 0.15) is 20.8 Å². The van der Waals surface area contributed by atoms with Crippen molar-refractivity contribution in [2.24, 2.45) is 4.99 Å². The van der Waals surface area contributed by atoms with E-state index in [1.807, 2.05) is 0 Å². The molecule has 1 heterocycles. The van der Waals surface area contributed by atoms with E-state index in [4.69, 9.17) is 16.3 Å². The highest BCUT2D eigenvalue weighted by molar-refractivity contribution is 6.29. The topological polar surface area (TPSA) is 63.6 Å². The lowest BCUT2D eigenvalue weighted by Gasteiger charge is -2.18. The van der Waals surface area contributed by atoms with Crippen molar-refractivity contribution in [3.05, 3.63) is 23.5 Å². The fraction of sp³-hybridized carbons (Fsp3) is 0.364. The molecule has 0 aliphatic heterocycles. The highest BCUT2D eigenvalue weighted by atomic mass is 35.5. The Balaban J connectivity index is 2.45. The second kappa shape index (κ2) is 5.63. The van der Waals surface area contributed by atoms with Gasteiger partial charge in [0, 0.05) is 0 Å². The molecule has 0 spiro atoms. The number of aromatic nitrogens is 1. The predicted octanol–water partition coefficient (Wildman–Crippen LogP) is 2.92. The van der Waals surface area contributed by atoms with Crippen molar-refractivity contribution >= 4 is 29.7 Å². The van der Waals surface area contributed by atoms with Crippen molar-refractivity contribution in [2.45, 2.75) is 26.4 Å². The van der Waals surface area contributed by atoms with Gasteiger partial charge in [0.25, 0.3) is 0 Å². The number of rotatable bonds is 2. The molecule has 6 heteroatoms. The average Bonchev–Trinajstić information content (AvgIpc) is 2.18. The van der Waals surface area contributed by atoms with Gasteiger partial charge in [0.15, 0.2) is 0 Å². The normalized spacial score (nSPS) is 11.5. The molecule has 0 atom stereocenters. The van der Waals surface area contributed by atoms with E-state index in [0.29, 0.717) is 10.8 Å². The van der Waals surface area contributed by atoms with Gasteiger partial charge in [-0.05, 0) is 32.9 Å². The number of halogens is 1. The number of carbonyl (C=O) groups excluding carboxylic acids is 1. The quantitative estimate of drug-likeness (QED) is 0.502. The van der Waals surface area contributed by atoms with Crippen molar-refractivity contribution in [3.63, 3.8) is 0 Å². The number of amides is 1. The maximum atomic E-state index is 11.2. The summed E-state index contributed by atoms with van der Waals surface area (Å²) in [6, 6.07) is 3.30. The van der Waals surface area contributed by atoms with Gasteiger partial charge in [-0.25, -0.2) is 14.8 Å². The summed E-state index contributed by atoms with van der Waals surface area (Å²) in [6.45, 7) is 5.35. The SMILES string of the molecule is CC(C)(C)OC(=O)NC=Nc1ccc(Cl)nc1. The largest absolute Gasteiger partial charge is 0.444 e. The Morgan fingerprint density at radius 2 is 2.24 bits per heavy atom. The number of carbonyl (C=O) groups is 1. The minimum atomic E-state index is -0.553. The van der Waals surface area contributed by atoms with E-state index >= 15 is 0 Å². The lowest BCUT2D eigenvalue weighted by atomic mass is 10.2. The van der Waals surface area contributed by atoms with Crippen LogP contribution in [0.3, 0.4) is 0 Å². The van der Waals surface area contributed by atoms with E-state index in [1.165, 1.54) is 12.5 Å². The van der Waals surface area contributed by atoms with Crippen LogP contribution >= 0.6 is 11.6 Å². The summed E-state index contributed by atoms with van der Waals surface area (Å²) in [5.41, 5.74) is 0.0604. The van der Waals surface area contributed by atoms with E-state index in [1.54, 1.807) is 32.9 Å². The summed E-state index contributed by atoms with van der Waals surface area (Å²) in [6.07, 6.45) is 2.19. The molecule has 1 N–H and O–H groups in total. The Morgan fingerprint density at radius 1 is 1.53 bits per heavy atom. The third-order valence-electron chi connectivity index (χ3n) is 1.51. The third kappa shape index (κ3) is 5.87. The number of nitrogens with zero attached hydrogens (tertiary/aromatic N) is 2. The molecule has 1 aromatic heterocycles. The summed E-state index contributed by atoms with van der Waals surface area (Å²) in [5.74, 6) is 0. The van der Waals surface area contributed by atoms with Gasteiger partial charge in [-0.15, -0.1) is 0 Å². The van der Waals surface area contributed by atoms with Crippen LogP contribution < -0.4 is 5.32 Å². The van der Waals surface area contributed by atoms with E-state index in [9.17, 15) is 4.79 Å². The van der Waals surface area contributed by atoms with Gasteiger partial charge in [0.2, 0.25) is 0 Å². The molecule has 0 radical (unpaired) electrons. The first-order valence-corrected chi connectivity index (χ1v) is 5.38. The first kappa shape index (κ1) is 13.4. The fourth-order valence-corrected chi connectivity index (χ4v) is 1.02. The van der Waals surface area contributed by atoms with Gasteiger partial charge in [-0.3, -0.25) is 5.32 Å². The predicted molar refractivity (Wildman–Crippen MR) is 66.8 cm³/mol. The van der Waals surface area contributed by atoms with Gasteiger partial charge in [-0.1, -0.05) is 11.6 Å². The van der Waals surface area contributed by atoms with Crippen molar-refractivity contribution in [2.75, 3.05) is 0 Å². The molecular weight excluding hydrogens is 242 g/mol. The molecule has 92 valence electrons. The van der Waals surface area contributed by atoms with E-state index in [2.05, 4.69) is 15.3 Å². The lowest BCUT2D eigenvalue weighted by molar-refractivity contribution is 0.0565.